The summed E-state index contributed by atoms with van der Waals surface area (Å²) in [4.78, 5) is 20.8. The summed E-state index contributed by atoms with van der Waals surface area (Å²) in [7, 11) is 0.832. The highest BCUT2D eigenvalue weighted by Crippen LogP contribution is 2.20. The Morgan fingerprint density at radius 2 is 2.17 bits per heavy atom. The quantitative estimate of drug-likeness (QED) is 0.786. The number of likely N-dealkylation sites (N-methyl/N-ethyl adjacent to an activating group) is 1. The van der Waals surface area contributed by atoms with Gasteiger partial charge in [0.2, 0.25) is 0 Å². The maximum Gasteiger partial charge on any atom is 0.254 e. The van der Waals surface area contributed by atoms with Gasteiger partial charge in [-0.15, -0.1) is 0 Å². The van der Waals surface area contributed by atoms with Crippen LogP contribution >= 0.6 is 0 Å². The van der Waals surface area contributed by atoms with Crippen LogP contribution in [0.3, 0.4) is 0 Å². The standard InChI is InChI=1S/C16H22N4O3S/c1-18(2)6-7-20(14-4-8-24(22,23)11-14)16(21)13-3-5-19-12-17-10-15(19)9-13/h3,5,9-10,12,14H,4,6-8,11H2,1-2H3. The third-order valence-corrected chi connectivity index (χ3v) is 6.11. The van der Waals surface area contributed by atoms with Crippen LogP contribution in [-0.2, 0) is 9.84 Å². The fourth-order valence-electron chi connectivity index (χ4n) is 3.00. The number of amides is 1. The molecule has 7 nitrogen and oxygen atoms in total. The van der Waals surface area contributed by atoms with Gasteiger partial charge in [-0.3, -0.25) is 4.79 Å². The Hall–Kier alpha value is -1.93. The number of nitrogens with zero attached hydrogens (tertiary/aromatic N) is 4. The molecule has 0 aromatic carbocycles. The van der Waals surface area contributed by atoms with E-state index in [1.54, 1.807) is 35.8 Å². The van der Waals surface area contributed by atoms with E-state index in [0.717, 1.165) is 5.52 Å². The molecule has 0 aliphatic carbocycles. The minimum absolute atomic E-state index is 0.0566. The maximum absolute atomic E-state index is 13.0. The molecular weight excluding hydrogens is 328 g/mol. The molecule has 24 heavy (non-hydrogen) atoms. The lowest BCUT2D eigenvalue weighted by Gasteiger charge is -2.29. The first-order valence-electron chi connectivity index (χ1n) is 7.93. The molecule has 3 heterocycles. The molecule has 3 rings (SSSR count). The summed E-state index contributed by atoms with van der Waals surface area (Å²) >= 11 is 0. The highest BCUT2D eigenvalue weighted by molar-refractivity contribution is 7.91. The van der Waals surface area contributed by atoms with Crippen LogP contribution in [0.15, 0.2) is 30.9 Å². The van der Waals surface area contributed by atoms with Gasteiger partial charge in [-0.05, 0) is 32.6 Å². The normalized spacial score (nSPS) is 19.9. The zero-order chi connectivity index (χ0) is 17.3. The summed E-state index contributed by atoms with van der Waals surface area (Å²) in [6.07, 6.45) is 5.68. The van der Waals surface area contributed by atoms with Crippen molar-refractivity contribution in [3.8, 4) is 0 Å². The first kappa shape index (κ1) is 16.9. The summed E-state index contributed by atoms with van der Waals surface area (Å²) in [6.45, 7) is 1.20. The van der Waals surface area contributed by atoms with Crippen LogP contribution in [0.4, 0.5) is 0 Å². The Kier molecular flexibility index (Phi) is 4.60. The number of aromatic nitrogens is 2. The summed E-state index contributed by atoms with van der Waals surface area (Å²) < 4.78 is 25.5. The van der Waals surface area contributed by atoms with Crippen molar-refractivity contribution < 1.29 is 13.2 Å². The van der Waals surface area contributed by atoms with Crippen LogP contribution in [0.2, 0.25) is 0 Å². The zero-order valence-corrected chi connectivity index (χ0v) is 14.7. The van der Waals surface area contributed by atoms with E-state index < -0.39 is 9.84 Å². The number of fused-ring (bicyclic) bond motifs is 1. The van der Waals surface area contributed by atoms with E-state index in [0.29, 0.717) is 25.1 Å². The van der Waals surface area contributed by atoms with Crippen molar-refractivity contribution in [1.29, 1.82) is 0 Å². The summed E-state index contributed by atoms with van der Waals surface area (Å²) in [6, 6.07) is 3.30. The van der Waals surface area contributed by atoms with Crippen molar-refractivity contribution in [1.82, 2.24) is 19.2 Å². The summed E-state index contributed by atoms with van der Waals surface area (Å²) in [5.74, 6) is 0.0919. The molecule has 8 heteroatoms. The molecule has 1 unspecified atom stereocenters. The topological polar surface area (TPSA) is 75.0 Å². The minimum atomic E-state index is -3.04. The van der Waals surface area contributed by atoms with Crippen molar-refractivity contribution in [2.45, 2.75) is 12.5 Å². The Bertz CT molecular complexity index is 844. The van der Waals surface area contributed by atoms with Gasteiger partial charge in [0.15, 0.2) is 9.84 Å². The fraction of sp³-hybridized carbons (Fsp3) is 0.500. The lowest BCUT2D eigenvalue weighted by molar-refractivity contribution is 0.0684. The van der Waals surface area contributed by atoms with Crippen LogP contribution < -0.4 is 0 Å². The van der Waals surface area contributed by atoms with Crippen molar-refractivity contribution in [2.24, 2.45) is 0 Å². The fourth-order valence-corrected chi connectivity index (χ4v) is 4.73. The van der Waals surface area contributed by atoms with Gasteiger partial charge in [-0.1, -0.05) is 0 Å². The molecule has 0 bridgehead atoms. The smallest absolute Gasteiger partial charge is 0.254 e. The Morgan fingerprint density at radius 1 is 1.38 bits per heavy atom. The summed E-state index contributed by atoms with van der Waals surface area (Å²) in [5, 5.41) is 0. The third kappa shape index (κ3) is 3.59. The van der Waals surface area contributed by atoms with Gasteiger partial charge in [-0.2, -0.15) is 0 Å². The highest BCUT2D eigenvalue weighted by Gasteiger charge is 2.34. The number of carbonyl (C=O) groups excluding carboxylic acids is 1. The van der Waals surface area contributed by atoms with E-state index in [1.165, 1.54) is 0 Å². The largest absolute Gasteiger partial charge is 0.333 e. The van der Waals surface area contributed by atoms with Crippen LogP contribution in [0, 0.1) is 0 Å². The van der Waals surface area contributed by atoms with Gasteiger partial charge in [0.05, 0.1) is 29.5 Å². The van der Waals surface area contributed by atoms with E-state index in [9.17, 15) is 13.2 Å². The molecule has 2 aromatic rings. The number of imidazole rings is 1. The Morgan fingerprint density at radius 3 is 2.83 bits per heavy atom. The molecule has 1 atom stereocenters. The maximum atomic E-state index is 13.0. The third-order valence-electron chi connectivity index (χ3n) is 4.36. The lowest BCUT2D eigenvalue weighted by Crippen LogP contribution is -2.44. The van der Waals surface area contributed by atoms with E-state index >= 15 is 0 Å². The van der Waals surface area contributed by atoms with E-state index in [4.69, 9.17) is 0 Å². The zero-order valence-electron chi connectivity index (χ0n) is 13.9. The van der Waals surface area contributed by atoms with Crippen molar-refractivity contribution in [3.63, 3.8) is 0 Å². The first-order chi connectivity index (χ1) is 11.4. The Labute approximate surface area is 141 Å². The monoisotopic (exact) mass is 350 g/mol. The van der Waals surface area contributed by atoms with Gasteiger partial charge in [0.25, 0.3) is 5.91 Å². The second-order valence-electron chi connectivity index (χ2n) is 6.50. The number of hydrogen-bond donors (Lipinski definition) is 0. The first-order valence-corrected chi connectivity index (χ1v) is 9.76. The molecule has 1 saturated heterocycles. The van der Waals surface area contributed by atoms with Gasteiger partial charge in [0.1, 0.15) is 0 Å². The number of pyridine rings is 1. The molecule has 1 aliphatic heterocycles. The molecule has 1 fully saturated rings. The molecule has 0 N–H and O–H groups in total. The van der Waals surface area contributed by atoms with Crippen molar-refractivity contribution in [3.05, 3.63) is 36.4 Å². The predicted molar refractivity (Wildman–Crippen MR) is 91.8 cm³/mol. The average molecular weight is 350 g/mol. The molecule has 2 aromatic heterocycles. The average Bonchev–Trinajstić information content (AvgIpc) is 3.12. The highest BCUT2D eigenvalue weighted by atomic mass is 32.2. The van der Waals surface area contributed by atoms with Crippen molar-refractivity contribution >= 4 is 21.3 Å². The van der Waals surface area contributed by atoms with Crippen LogP contribution in [-0.4, -0.2) is 78.2 Å². The lowest BCUT2D eigenvalue weighted by atomic mass is 10.1. The minimum Gasteiger partial charge on any atom is -0.333 e. The predicted octanol–water partition coefficient (Wildman–Crippen LogP) is 0.525. The SMILES string of the molecule is CN(C)CCN(C(=O)c1ccn2cncc2c1)C1CCS(=O)(=O)C1. The second-order valence-corrected chi connectivity index (χ2v) is 8.73. The van der Waals surface area contributed by atoms with Crippen LogP contribution in [0.1, 0.15) is 16.8 Å². The summed E-state index contributed by atoms with van der Waals surface area (Å²) in [5.41, 5.74) is 1.40. The van der Waals surface area contributed by atoms with Gasteiger partial charge >= 0.3 is 0 Å². The molecule has 1 aliphatic rings. The van der Waals surface area contributed by atoms with E-state index in [-0.39, 0.29) is 23.5 Å². The Balaban J connectivity index is 1.86. The molecular formula is C16H22N4O3S. The molecule has 0 radical (unpaired) electrons. The van der Waals surface area contributed by atoms with E-state index in [1.807, 2.05) is 23.4 Å². The molecule has 130 valence electrons. The van der Waals surface area contributed by atoms with E-state index in [2.05, 4.69) is 4.98 Å². The van der Waals surface area contributed by atoms with Gasteiger partial charge in [-0.25, -0.2) is 13.4 Å². The van der Waals surface area contributed by atoms with Crippen LogP contribution in [0.25, 0.3) is 5.52 Å². The van der Waals surface area contributed by atoms with Crippen LogP contribution in [0.5, 0.6) is 0 Å². The second kappa shape index (κ2) is 6.52. The molecule has 0 saturated carbocycles. The van der Waals surface area contributed by atoms with Gasteiger partial charge < -0.3 is 14.2 Å². The molecule has 1 amide bonds. The number of hydrogen-bond acceptors (Lipinski definition) is 5. The molecule has 0 spiro atoms. The van der Waals surface area contributed by atoms with Gasteiger partial charge in [0, 0.05) is 30.9 Å². The number of carbonyl (C=O) groups is 1. The number of rotatable bonds is 5. The number of sulfone groups is 1. The van der Waals surface area contributed by atoms with Crippen molar-refractivity contribution in [2.75, 3.05) is 38.7 Å².